The molecule has 1 amide bonds. The second-order valence-corrected chi connectivity index (χ2v) is 5.10. The molecule has 0 fully saturated rings. The fourth-order valence-corrected chi connectivity index (χ4v) is 2.12. The van der Waals surface area contributed by atoms with Gasteiger partial charge >= 0.3 is 6.18 Å². The van der Waals surface area contributed by atoms with Crippen molar-refractivity contribution in [2.24, 2.45) is 0 Å². The summed E-state index contributed by atoms with van der Waals surface area (Å²) in [5, 5.41) is 3.85. The van der Waals surface area contributed by atoms with Gasteiger partial charge in [-0.15, -0.1) is 0 Å². The van der Waals surface area contributed by atoms with E-state index in [-0.39, 0.29) is 11.3 Å². The molecule has 25 heavy (non-hydrogen) atoms. The van der Waals surface area contributed by atoms with Crippen LogP contribution in [0.25, 0.3) is 0 Å². The number of nitrogens with one attached hydrogen (secondary N) is 1. The number of alkyl halides is 3. The molecule has 2 aromatic carbocycles. The number of hydrogen-bond acceptors (Lipinski definition) is 4. The van der Waals surface area contributed by atoms with Gasteiger partial charge in [0.2, 0.25) is 0 Å². The summed E-state index contributed by atoms with van der Waals surface area (Å²) in [4.78, 5) is 17.2. The predicted molar refractivity (Wildman–Crippen MR) is 86.8 cm³/mol. The van der Waals surface area contributed by atoms with Crippen LogP contribution >= 0.6 is 0 Å². The number of anilines is 2. The maximum Gasteiger partial charge on any atom is 0.416 e. The van der Waals surface area contributed by atoms with E-state index in [0.717, 1.165) is 17.2 Å². The number of rotatable bonds is 5. The standard InChI is InChI=1S/C17H17F3N2O3/c1-22(25-3)16(23)14-8-7-13(24-2)10-15(14)21-12-6-4-5-11(9-12)17(18,19)20/h4-10,21H,1-3H3. The smallest absolute Gasteiger partial charge is 0.416 e. The van der Waals surface area contributed by atoms with Crippen LogP contribution in [0.2, 0.25) is 0 Å². The second-order valence-electron chi connectivity index (χ2n) is 5.10. The number of halogens is 3. The Hall–Kier alpha value is -2.74. The Bertz CT molecular complexity index is 763. The SMILES string of the molecule is COc1ccc(C(=O)N(C)OC)c(Nc2cccc(C(F)(F)F)c2)c1. The summed E-state index contributed by atoms with van der Waals surface area (Å²) in [6.45, 7) is 0. The van der Waals surface area contributed by atoms with Crippen LogP contribution < -0.4 is 10.1 Å². The molecule has 0 aliphatic rings. The van der Waals surface area contributed by atoms with Crippen LogP contribution in [0.4, 0.5) is 24.5 Å². The number of amides is 1. The van der Waals surface area contributed by atoms with Crippen LogP contribution in [0.3, 0.4) is 0 Å². The molecule has 0 bridgehead atoms. The first-order valence-electron chi connectivity index (χ1n) is 7.20. The summed E-state index contributed by atoms with van der Waals surface area (Å²) < 4.78 is 43.7. The first kappa shape index (κ1) is 18.6. The maximum absolute atomic E-state index is 12.9. The van der Waals surface area contributed by atoms with Crippen molar-refractivity contribution in [3.8, 4) is 5.75 Å². The lowest BCUT2D eigenvalue weighted by Gasteiger charge is -2.18. The lowest BCUT2D eigenvalue weighted by molar-refractivity contribution is -0.137. The highest BCUT2D eigenvalue weighted by Gasteiger charge is 2.30. The second kappa shape index (κ2) is 7.43. The first-order valence-corrected chi connectivity index (χ1v) is 7.20. The van der Waals surface area contributed by atoms with Crippen molar-refractivity contribution >= 4 is 17.3 Å². The minimum Gasteiger partial charge on any atom is -0.497 e. The Morgan fingerprint density at radius 1 is 1.12 bits per heavy atom. The quantitative estimate of drug-likeness (QED) is 0.822. The summed E-state index contributed by atoms with van der Waals surface area (Å²) in [6, 6.07) is 9.31. The Morgan fingerprint density at radius 3 is 2.44 bits per heavy atom. The van der Waals surface area contributed by atoms with Crippen LogP contribution in [0, 0.1) is 0 Å². The highest BCUT2D eigenvalue weighted by Crippen LogP contribution is 2.32. The van der Waals surface area contributed by atoms with Gasteiger partial charge in [0.05, 0.1) is 31.0 Å². The van der Waals surface area contributed by atoms with Crippen molar-refractivity contribution in [1.82, 2.24) is 5.06 Å². The van der Waals surface area contributed by atoms with E-state index in [1.165, 1.54) is 45.5 Å². The molecule has 0 unspecified atom stereocenters. The molecule has 0 spiro atoms. The van der Waals surface area contributed by atoms with Crippen molar-refractivity contribution in [3.05, 3.63) is 53.6 Å². The highest BCUT2D eigenvalue weighted by atomic mass is 19.4. The van der Waals surface area contributed by atoms with Gasteiger partial charge in [-0.2, -0.15) is 13.2 Å². The van der Waals surface area contributed by atoms with E-state index in [9.17, 15) is 18.0 Å². The molecular weight excluding hydrogens is 337 g/mol. The van der Waals surface area contributed by atoms with Gasteiger partial charge in [0.1, 0.15) is 5.75 Å². The lowest BCUT2D eigenvalue weighted by atomic mass is 10.1. The monoisotopic (exact) mass is 354 g/mol. The van der Waals surface area contributed by atoms with Crippen molar-refractivity contribution in [1.29, 1.82) is 0 Å². The predicted octanol–water partition coefficient (Wildman–Crippen LogP) is 4.09. The van der Waals surface area contributed by atoms with E-state index < -0.39 is 17.6 Å². The molecule has 0 saturated carbocycles. The molecule has 0 heterocycles. The highest BCUT2D eigenvalue weighted by molar-refractivity contribution is 6.00. The fourth-order valence-electron chi connectivity index (χ4n) is 2.12. The molecule has 0 aromatic heterocycles. The molecule has 2 aromatic rings. The molecule has 1 N–H and O–H groups in total. The number of carbonyl (C=O) groups is 1. The van der Waals surface area contributed by atoms with Crippen molar-refractivity contribution in [3.63, 3.8) is 0 Å². The summed E-state index contributed by atoms with van der Waals surface area (Å²) in [6.07, 6.45) is -4.46. The molecule has 0 aliphatic carbocycles. The summed E-state index contributed by atoms with van der Waals surface area (Å²) in [5.41, 5.74) is -0.0744. The molecule has 2 rings (SSSR count). The number of hydroxylamine groups is 2. The van der Waals surface area contributed by atoms with Crippen LogP contribution in [-0.2, 0) is 11.0 Å². The minimum atomic E-state index is -4.46. The van der Waals surface area contributed by atoms with Gasteiger partial charge in [-0.25, -0.2) is 5.06 Å². The van der Waals surface area contributed by atoms with Crippen molar-refractivity contribution in [2.45, 2.75) is 6.18 Å². The normalized spacial score (nSPS) is 11.1. The molecule has 0 saturated heterocycles. The van der Waals surface area contributed by atoms with Crippen LogP contribution in [0.5, 0.6) is 5.75 Å². The van der Waals surface area contributed by atoms with E-state index in [4.69, 9.17) is 9.57 Å². The van der Waals surface area contributed by atoms with Gasteiger partial charge in [-0.05, 0) is 30.3 Å². The van der Waals surface area contributed by atoms with Gasteiger partial charge in [-0.1, -0.05) is 6.07 Å². The number of nitrogens with zero attached hydrogens (tertiary/aromatic N) is 1. The molecule has 0 radical (unpaired) electrons. The summed E-state index contributed by atoms with van der Waals surface area (Å²) in [7, 11) is 4.22. The third-order valence-electron chi connectivity index (χ3n) is 3.49. The van der Waals surface area contributed by atoms with E-state index >= 15 is 0 Å². The summed E-state index contributed by atoms with van der Waals surface area (Å²) >= 11 is 0. The third-order valence-corrected chi connectivity index (χ3v) is 3.49. The van der Waals surface area contributed by atoms with Crippen LogP contribution in [0.1, 0.15) is 15.9 Å². The Kier molecular flexibility index (Phi) is 5.53. The van der Waals surface area contributed by atoms with E-state index in [1.54, 1.807) is 6.07 Å². The zero-order valence-corrected chi connectivity index (χ0v) is 13.8. The minimum absolute atomic E-state index is 0.192. The number of methoxy groups -OCH3 is 1. The lowest BCUT2D eigenvalue weighted by Crippen LogP contribution is -2.26. The van der Waals surface area contributed by atoms with Crippen molar-refractivity contribution in [2.75, 3.05) is 26.6 Å². The zero-order chi connectivity index (χ0) is 18.6. The van der Waals surface area contributed by atoms with Gasteiger partial charge in [0, 0.05) is 18.8 Å². The molecule has 8 heteroatoms. The molecule has 5 nitrogen and oxygen atoms in total. The number of benzene rings is 2. The topological polar surface area (TPSA) is 50.8 Å². The van der Waals surface area contributed by atoms with E-state index in [2.05, 4.69) is 5.32 Å². The van der Waals surface area contributed by atoms with Crippen molar-refractivity contribution < 1.29 is 27.5 Å². The average Bonchev–Trinajstić information content (AvgIpc) is 2.59. The third kappa shape index (κ3) is 4.42. The molecule has 134 valence electrons. The Balaban J connectivity index is 2.42. The molecular formula is C17H17F3N2O3. The number of hydrogen-bond donors (Lipinski definition) is 1. The number of carbonyl (C=O) groups excluding carboxylic acids is 1. The Morgan fingerprint density at radius 2 is 1.84 bits per heavy atom. The van der Waals surface area contributed by atoms with Gasteiger partial charge in [0.15, 0.2) is 0 Å². The number of ether oxygens (including phenoxy) is 1. The average molecular weight is 354 g/mol. The van der Waals surface area contributed by atoms with E-state index in [0.29, 0.717) is 11.4 Å². The van der Waals surface area contributed by atoms with Crippen LogP contribution in [-0.4, -0.2) is 32.2 Å². The maximum atomic E-state index is 12.9. The van der Waals surface area contributed by atoms with Crippen LogP contribution in [0.15, 0.2) is 42.5 Å². The van der Waals surface area contributed by atoms with Gasteiger partial charge in [0.25, 0.3) is 5.91 Å². The zero-order valence-electron chi connectivity index (χ0n) is 13.8. The van der Waals surface area contributed by atoms with Gasteiger partial charge in [-0.3, -0.25) is 9.63 Å². The summed E-state index contributed by atoms with van der Waals surface area (Å²) in [5.74, 6) is -0.00859. The first-order chi connectivity index (χ1) is 11.8. The molecule has 0 atom stereocenters. The fraction of sp³-hybridized carbons (Fsp3) is 0.235. The van der Waals surface area contributed by atoms with Gasteiger partial charge < -0.3 is 10.1 Å². The van der Waals surface area contributed by atoms with E-state index in [1.807, 2.05) is 0 Å². The largest absolute Gasteiger partial charge is 0.497 e. The Labute approximate surface area is 142 Å². The molecule has 0 aliphatic heterocycles.